The van der Waals surface area contributed by atoms with Gasteiger partial charge in [0.05, 0.1) is 29.8 Å². The zero-order valence-corrected chi connectivity index (χ0v) is 17.7. The second-order valence-corrected chi connectivity index (χ2v) is 8.37. The van der Waals surface area contributed by atoms with Gasteiger partial charge in [-0.2, -0.15) is 0 Å². The zero-order valence-electron chi connectivity index (χ0n) is 17.7. The Kier molecular flexibility index (Phi) is 7.68. The van der Waals surface area contributed by atoms with Crippen molar-refractivity contribution in [3.05, 3.63) is 35.0 Å². The van der Waals surface area contributed by atoms with Crippen molar-refractivity contribution in [1.29, 1.82) is 0 Å². The quantitative estimate of drug-likeness (QED) is 0.593. The number of fused-ring (bicyclic) bond motifs is 1. The predicted molar refractivity (Wildman–Crippen MR) is 112 cm³/mol. The van der Waals surface area contributed by atoms with Crippen LogP contribution in [0, 0.1) is 5.92 Å². The summed E-state index contributed by atoms with van der Waals surface area (Å²) in [6.45, 7) is 5.32. The minimum Gasteiger partial charge on any atom is -0.344 e. The van der Waals surface area contributed by atoms with Gasteiger partial charge in [0.15, 0.2) is 5.78 Å². The molecule has 3 N–H and O–H groups in total. The normalized spacial score (nSPS) is 22.6. The predicted octanol–water partition coefficient (Wildman–Crippen LogP) is -0.334. The summed E-state index contributed by atoms with van der Waals surface area (Å²) < 4.78 is 0. The molecule has 2 heterocycles. The minimum atomic E-state index is -0.712. The van der Waals surface area contributed by atoms with Gasteiger partial charge >= 0.3 is 0 Å². The van der Waals surface area contributed by atoms with E-state index in [9.17, 15) is 14.4 Å². The number of nitrogens with zero attached hydrogens (tertiary/aromatic N) is 2. The number of ketones is 1. The van der Waals surface area contributed by atoms with Gasteiger partial charge in [0.1, 0.15) is 12.1 Å². The molecule has 30 heavy (non-hydrogen) atoms. The van der Waals surface area contributed by atoms with Gasteiger partial charge in [-0.05, 0) is 50.3 Å². The lowest BCUT2D eigenvalue weighted by molar-refractivity contribution is -0.132. The van der Waals surface area contributed by atoms with Gasteiger partial charge in [0.2, 0.25) is 11.8 Å². The fourth-order valence-electron chi connectivity index (χ4n) is 3.73. The molecule has 0 saturated carbocycles. The van der Waals surface area contributed by atoms with Gasteiger partial charge in [-0.3, -0.25) is 24.4 Å². The Morgan fingerprint density at radius 2 is 1.97 bits per heavy atom. The number of carbonyl (C=O) groups excluding carboxylic acids is 3. The Hall–Kier alpha value is -2.61. The lowest BCUT2D eigenvalue weighted by atomic mass is 9.99. The molecule has 0 spiro atoms. The number of benzene rings is 1. The van der Waals surface area contributed by atoms with Crippen molar-refractivity contribution in [2.24, 2.45) is 15.9 Å². The molecular weight excluding hydrogens is 382 g/mol. The van der Waals surface area contributed by atoms with E-state index in [0.717, 1.165) is 24.7 Å². The van der Waals surface area contributed by atoms with E-state index in [0.29, 0.717) is 18.2 Å². The largest absolute Gasteiger partial charge is 0.344 e. The Bertz CT molecular complexity index is 898. The lowest BCUT2D eigenvalue weighted by Crippen LogP contribution is -2.55. The van der Waals surface area contributed by atoms with E-state index >= 15 is 0 Å². The maximum absolute atomic E-state index is 13.0. The number of hydrogen-bond acceptors (Lipinski definition) is 6. The fraction of sp³-hybridized carbons (Fsp3) is 0.591. The molecule has 0 aliphatic carbocycles. The summed E-state index contributed by atoms with van der Waals surface area (Å²) in [6, 6.07) is 5.54. The van der Waals surface area contributed by atoms with Gasteiger partial charge in [0, 0.05) is 0 Å². The van der Waals surface area contributed by atoms with Crippen molar-refractivity contribution in [3.8, 4) is 0 Å². The highest BCUT2D eigenvalue weighted by Gasteiger charge is 2.29. The van der Waals surface area contributed by atoms with Crippen LogP contribution < -0.4 is 26.7 Å². The van der Waals surface area contributed by atoms with Crippen molar-refractivity contribution in [2.75, 3.05) is 19.6 Å². The first-order chi connectivity index (χ1) is 14.4. The zero-order chi connectivity index (χ0) is 21.5. The van der Waals surface area contributed by atoms with Gasteiger partial charge < -0.3 is 16.0 Å². The number of amides is 2. The highest BCUT2D eigenvalue weighted by molar-refractivity contribution is 5.94. The average Bonchev–Trinajstić information content (AvgIpc) is 2.72. The van der Waals surface area contributed by atoms with E-state index in [4.69, 9.17) is 0 Å². The number of carbonyl (C=O) groups is 3. The summed E-state index contributed by atoms with van der Waals surface area (Å²) in [6.07, 6.45) is 2.95. The fourth-order valence-corrected chi connectivity index (χ4v) is 3.73. The molecule has 8 heteroatoms. The monoisotopic (exact) mass is 413 g/mol. The van der Waals surface area contributed by atoms with Crippen LogP contribution in [0.3, 0.4) is 0 Å². The number of para-hydroxylation sites is 2. The molecule has 8 nitrogen and oxygen atoms in total. The first kappa shape index (κ1) is 22.1. The van der Waals surface area contributed by atoms with E-state index in [1.165, 1.54) is 0 Å². The van der Waals surface area contributed by atoms with Crippen LogP contribution in [0.4, 0.5) is 0 Å². The molecule has 2 unspecified atom stereocenters. The molecule has 1 aromatic rings. The highest BCUT2D eigenvalue weighted by atomic mass is 16.2. The standard InChI is InChI=1S/C22H31N5O3/c1-14(2)11-18(21(29)26-17-9-5-6-10-23-13-20(17)28)27-22(30)19-12-24-15-7-3-4-8-16(15)25-19/h3-4,7-8,14,17-19,23H,5-6,9-13H2,1-2H3,(H,26,29)(H,27,30)/t17?,18-,19?/m0/s1. The van der Waals surface area contributed by atoms with E-state index < -0.39 is 18.1 Å². The summed E-state index contributed by atoms with van der Waals surface area (Å²) in [5.74, 6) is -0.455. The third-order valence-electron chi connectivity index (χ3n) is 5.35. The number of hydrogen-bond donors (Lipinski definition) is 3. The number of nitrogens with one attached hydrogen (secondary N) is 3. The van der Waals surface area contributed by atoms with Crippen LogP contribution in [0.2, 0.25) is 0 Å². The van der Waals surface area contributed by atoms with Crippen LogP contribution in [0.25, 0.3) is 0 Å². The molecule has 0 radical (unpaired) electrons. The summed E-state index contributed by atoms with van der Waals surface area (Å²) in [5, 5.41) is 10.3. The first-order valence-electron chi connectivity index (χ1n) is 10.8. The van der Waals surface area contributed by atoms with Crippen LogP contribution in [-0.2, 0) is 14.4 Å². The van der Waals surface area contributed by atoms with Crippen LogP contribution in [0.15, 0.2) is 34.3 Å². The second kappa shape index (κ2) is 10.4. The Morgan fingerprint density at radius 3 is 2.73 bits per heavy atom. The Labute approximate surface area is 176 Å². The highest BCUT2D eigenvalue weighted by Crippen LogP contribution is 2.09. The number of rotatable bonds is 6. The van der Waals surface area contributed by atoms with Crippen LogP contribution in [0.1, 0.15) is 39.5 Å². The molecule has 162 valence electrons. The van der Waals surface area contributed by atoms with Crippen molar-refractivity contribution in [2.45, 2.75) is 57.7 Å². The topological polar surface area (TPSA) is 112 Å². The third-order valence-corrected chi connectivity index (χ3v) is 5.35. The van der Waals surface area contributed by atoms with Crippen molar-refractivity contribution in [3.63, 3.8) is 0 Å². The Morgan fingerprint density at radius 1 is 1.20 bits per heavy atom. The van der Waals surface area contributed by atoms with Crippen LogP contribution in [0.5, 0.6) is 0 Å². The van der Waals surface area contributed by atoms with Crippen molar-refractivity contribution < 1.29 is 14.4 Å². The van der Waals surface area contributed by atoms with Crippen LogP contribution in [-0.4, -0.2) is 55.4 Å². The smallest absolute Gasteiger partial charge is 0.247 e. The van der Waals surface area contributed by atoms with E-state index in [1.54, 1.807) is 0 Å². The lowest BCUT2D eigenvalue weighted by Gasteiger charge is -2.26. The molecule has 3 atom stereocenters. The maximum atomic E-state index is 13.0. The summed E-state index contributed by atoms with van der Waals surface area (Å²) >= 11 is 0. The molecule has 2 aliphatic rings. The average molecular weight is 414 g/mol. The Balaban J connectivity index is 1.67. The van der Waals surface area contributed by atoms with Crippen LogP contribution >= 0.6 is 0 Å². The summed E-state index contributed by atoms with van der Waals surface area (Å²) in [7, 11) is 0. The minimum absolute atomic E-state index is 0.0182. The molecule has 0 aromatic heterocycles. The van der Waals surface area contributed by atoms with Gasteiger partial charge in [0.25, 0.3) is 0 Å². The van der Waals surface area contributed by atoms with E-state index in [2.05, 4.69) is 25.9 Å². The summed E-state index contributed by atoms with van der Waals surface area (Å²) in [4.78, 5) is 47.0. The first-order valence-corrected chi connectivity index (χ1v) is 10.8. The molecule has 1 saturated heterocycles. The van der Waals surface area contributed by atoms with Crippen molar-refractivity contribution >= 4 is 17.6 Å². The number of Topliss-reactive ketones (excluding diaryl/α,β-unsaturated/α-hetero) is 1. The molecule has 2 aliphatic heterocycles. The van der Waals surface area contributed by atoms with Gasteiger partial charge in [-0.15, -0.1) is 0 Å². The third kappa shape index (κ3) is 5.95. The molecule has 1 fully saturated rings. The van der Waals surface area contributed by atoms with E-state index in [1.807, 2.05) is 38.1 Å². The molecule has 1 aromatic carbocycles. The second-order valence-electron chi connectivity index (χ2n) is 8.37. The molecule has 3 rings (SSSR count). The molecule has 0 bridgehead atoms. The van der Waals surface area contributed by atoms with Gasteiger partial charge in [-0.1, -0.05) is 26.0 Å². The SMILES string of the molecule is CC(C)C[C@H](NC(=O)C1CN=c2ccccc2=N1)C(=O)NC1CCCCNCC1=O. The summed E-state index contributed by atoms with van der Waals surface area (Å²) in [5.41, 5.74) is 0. The molecular formula is C22H31N5O3. The maximum Gasteiger partial charge on any atom is 0.247 e. The molecule has 2 amide bonds. The van der Waals surface area contributed by atoms with Gasteiger partial charge in [-0.25, -0.2) is 0 Å². The van der Waals surface area contributed by atoms with Crippen molar-refractivity contribution in [1.82, 2.24) is 16.0 Å². The van der Waals surface area contributed by atoms with E-state index in [-0.39, 0.29) is 36.6 Å².